The molecule has 30 heavy (non-hydrogen) atoms. The summed E-state index contributed by atoms with van der Waals surface area (Å²) < 4.78 is 7.99. The summed E-state index contributed by atoms with van der Waals surface area (Å²) in [6, 6.07) is 10.9. The van der Waals surface area contributed by atoms with E-state index in [2.05, 4.69) is 15.1 Å². The van der Waals surface area contributed by atoms with Crippen molar-refractivity contribution in [1.29, 1.82) is 0 Å². The molecule has 0 saturated heterocycles. The third-order valence-electron chi connectivity index (χ3n) is 4.69. The maximum Gasteiger partial charge on any atom is 0.280 e. The summed E-state index contributed by atoms with van der Waals surface area (Å²) >= 11 is 7.73. The third-order valence-corrected chi connectivity index (χ3v) is 6.23. The van der Waals surface area contributed by atoms with Crippen LogP contribution in [-0.2, 0) is 13.1 Å². The number of nitrogens with zero attached hydrogens (tertiary/aromatic N) is 5. The van der Waals surface area contributed by atoms with E-state index in [1.54, 1.807) is 41.1 Å². The highest BCUT2D eigenvalue weighted by atomic mass is 35.5. The number of carbonyl (C=O) groups excluding carboxylic acids is 1. The van der Waals surface area contributed by atoms with Crippen molar-refractivity contribution in [2.75, 3.05) is 12.0 Å². The molecule has 1 amide bonds. The average Bonchev–Trinajstić information content (AvgIpc) is 3.37. The van der Waals surface area contributed by atoms with Crippen molar-refractivity contribution in [3.8, 4) is 5.75 Å². The van der Waals surface area contributed by atoms with Crippen LogP contribution in [0, 0.1) is 6.92 Å². The third kappa shape index (κ3) is 3.76. The van der Waals surface area contributed by atoms with Crippen LogP contribution >= 0.6 is 22.9 Å². The number of pyridine rings is 1. The molecule has 0 saturated carbocycles. The van der Waals surface area contributed by atoms with E-state index in [4.69, 9.17) is 16.3 Å². The Kier molecular flexibility index (Phi) is 5.69. The maximum atomic E-state index is 13.5. The van der Waals surface area contributed by atoms with E-state index in [1.165, 1.54) is 11.3 Å². The second-order valence-corrected chi connectivity index (χ2v) is 8.01. The van der Waals surface area contributed by atoms with Crippen molar-refractivity contribution in [1.82, 2.24) is 19.7 Å². The monoisotopic (exact) mass is 441 g/mol. The fourth-order valence-corrected chi connectivity index (χ4v) is 4.43. The van der Waals surface area contributed by atoms with Gasteiger partial charge >= 0.3 is 0 Å². The maximum absolute atomic E-state index is 13.5. The van der Waals surface area contributed by atoms with Crippen molar-refractivity contribution in [2.45, 2.75) is 26.9 Å². The van der Waals surface area contributed by atoms with Crippen molar-refractivity contribution in [2.24, 2.45) is 0 Å². The van der Waals surface area contributed by atoms with E-state index in [0.29, 0.717) is 33.7 Å². The van der Waals surface area contributed by atoms with Crippen LogP contribution in [0.5, 0.6) is 5.75 Å². The Morgan fingerprint density at radius 3 is 2.80 bits per heavy atom. The largest absolute Gasteiger partial charge is 0.494 e. The number of amides is 1. The quantitative estimate of drug-likeness (QED) is 0.432. The lowest BCUT2D eigenvalue weighted by atomic mass is 10.3. The Morgan fingerprint density at radius 1 is 1.30 bits per heavy atom. The van der Waals surface area contributed by atoms with Gasteiger partial charge in [-0.25, -0.2) is 4.98 Å². The smallest absolute Gasteiger partial charge is 0.280 e. The molecular weight excluding hydrogens is 422 g/mol. The van der Waals surface area contributed by atoms with Crippen LogP contribution in [0.25, 0.3) is 10.2 Å². The highest BCUT2D eigenvalue weighted by Crippen LogP contribution is 2.39. The molecule has 154 valence electrons. The molecular formula is C21H20ClN5O2S. The summed E-state index contributed by atoms with van der Waals surface area (Å²) in [5.41, 5.74) is 2.66. The first-order valence-corrected chi connectivity index (χ1v) is 10.6. The molecule has 0 N–H and O–H groups in total. The van der Waals surface area contributed by atoms with Gasteiger partial charge in [0.25, 0.3) is 5.91 Å². The van der Waals surface area contributed by atoms with Crippen LogP contribution in [0.2, 0.25) is 5.02 Å². The topological polar surface area (TPSA) is 73.1 Å². The normalized spacial score (nSPS) is 11.1. The molecule has 0 aliphatic carbocycles. The number of rotatable bonds is 6. The van der Waals surface area contributed by atoms with E-state index in [-0.39, 0.29) is 12.5 Å². The Bertz CT molecular complexity index is 1210. The fourth-order valence-electron chi connectivity index (χ4n) is 3.17. The van der Waals surface area contributed by atoms with E-state index >= 15 is 0 Å². The van der Waals surface area contributed by atoms with Crippen LogP contribution < -0.4 is 9.64 Å². The summed E-state index contributed by atoms with van der Waals surface area (Å²) in [6.45, 7) is 4.87. The van der Waals surface area contributed by atoms with Gasteiger partial charge in [-0.1, -0.05) is 29.0 Å². The number of fused-ring (bicyclic) bond motifs is 1. The lowest BCUT2D eigenvalue weighted by Gasteiger charge is -2.18. The highest BCUT2D eigenvalue weighted by Gasteiger charge is 2.26. The number of anilines is 1. The minimum absolute atomic E-state index is 0.245. The Hall–Kier alpha value is -2.97. The zero-order valence-electron chi connectivity index (χ0n) is 16.8. The standard InChI is InChI=1S/C21H20ClN5O2S/c1-4-27-13(2)11-16(25-27)20(28)26(12-14-7-5-6-10-23-14)21-24-18-17(29-3)9-8-15(22)19(18)30-21/h5-11H,4,12H2,1-3H3. The minimum atomic E-state index is -0.245. The number of aryl methyl sites for hydroxylation is 2. The molecule has 0 fully saturated rings. The molecule has 0 unspecified atom stereocenters. The lowest BCUT2D eigenvalue weighted by Crippen LogP contribution is -2.31. The summed E-state index contributed by atoms with van der Waals surface area (Å²) in [7, 11) is 1.58. The number of hydrogen-bond donors (Lipinski definition) is 0. The lowest BCUT2D eigenvalue weighted by molar-refractivity contribution is 0.0979. The van der Waals surface area contributed by atoms with Gasteiger partial charge in [0.15, 0.2) is 10.8 Å². The number of benzene rings is 1. The van der Waals surface area contributed by atoms with Gasteiger partial charge in [0.05, 0.1) is 29.1 Å². The first-order valence-electron chi connectivity index (χ1n) is 9.41. The van der Waals surface area contributed by atoms with Crippen molar-refractivity contribution in [3.05, 3.63) is 64.7 Å². The number of aromatic nitrogens is 4. The van der Waals surface area contributed by atoms with Crippen LogP contribution in [0.4, 0.5) is 5.13 Å². The minimum Gasteiger partial charge on any atom is -0.494 e. The van der Waals surface area contributed by atoms with Gasteiger partial charge in [0, 0.05) is 18.4 Å². The number of carbonyl (C=O) groups is 1. The molecule has 0 spiro atoms. The number of thiazole rings is 1. The first-order chi connectivity index (χ1) is 14.5. The summed E-state index contributed by atoms with van der Waals surface area (Å²) in [5.74, 6) is 0.360. The molecule has 0 atom stereocenters. The van der Waals surface area contributed by atoms with E-state index < -0.39 is 0 Å². The van der Waals surface area contributed by atoms with Crippen molar-refractivity contribution >= 4 is 44.2 Å². The highest BCUT2D eigenvalue weighted by molar-refractivity contribution is 7.23. The predicted molar refractivity (Wildman–Crippen MR) is 119 cm³/mol. The van der Waals surface area contributed by atoms with Gasteiger partial charge in [0.2, 0.25) is 0 Å². The van der Waals surface area contributed by atoms with Crippen molar-refractivity contribution < 1.29 is 9.53 Å². The Morgan fingerprint density at radius 2 is 2.13 bits per heavy atom. The van der Waals surface area contributed by atoms with E-state index in [1.807, 2.05) is 32.0 Å². The van der Waals surface area contributed by atoms with E-state index in [9.17, 15) is 4.79 Å². The molecule has 0 aliphatic rings. The van der Waals surface area contributed by atoms with E-state index in [0.717, 1.165) is 16.1 Å². The molecule has 3 aromatic heterocycles. The molecule has 7 nitrogen and oxygen atoms in total. The first kappa shape index (κ1) is 20.3. The fraction of sp³-hybridized carbons (Fsp3) is 0.238. The molecule has 1 aromatic carbocycles. The van der Waals surface area contributed by atoms with Gasteiger partial charge in [-0.15, -0.1) is 0 Å². The molecule has 0 bridgehead atoms. The Labute approximate surface area is 182 Å². The van der Waals surface area contributed by atoms with Gasteiger partial charge in [-0.2, -0.15) is 5.10 Å². The predicted octanol–water partition coefficient (Wildman–Crippen LogP) is 4.73. The van der Waals surface area contributed by atoms with Gasteiger partial charge in [-0.05, 0) is 44.2 Å². The Balaban J connectivity index is 1.81. The average molecular weight is 442 g/mol. The van der Waals surface area contributed by atoms with Crippen LogP contribution in [0.3, 0.4) is 0 Å². The second-order valence-electron chi connectivity index (χ2n) is 6.62. The van der Waals surface area contributed by atoms with Crippen LogP contribution in [-0.4, -0.2) is 32.8 Å². The molecule has 9 heteroatoms. The molecule has 0 aliphatic heterocycles. The van der Waals surface area contributed by atoms with Crippen molar-refractivity contribution in [3.63, 3.8) is 0 Å². The zero-order chi connectivity index (χ0) is 21.3. The summed E-state index contributed by atoms with van der Waals surface area (Å²) in [4.78, 5) is 24.1. The number of hydrogen-bond acceptors (Lipinski definition) is 6. The molecule has 4 rings (SSSR count). The molecule has 0 radical (unpaired) electrons. The SMILES string of the molecule is CCn1nc(C(=O)N(Cc2ccccn2)c2nc3c(OC)ccc(Cl)c3s2)cc1C. The van der Waals surface area contributed by atoms with Crippen LogP contribution in [0.15, 0.2) is 42.6 Å². The summed E-state index contributed by atoms with van der Waals surface area (Å²) in [5, 5.41) is 5.52. The molecule has 3 heterocycles. The van der Waals surface area contributed by atoms with Crippen LogP contribution in [0.1, 0.15) is 28.8 Å². The number of halogens is 1. The summed E-state index contributed by atoms with van der Waals surface area (Å²) in [6.07, 6.45) is 1.70. The van der Waals surface area contributed by atoms with Gasteiger partial charge in [0.1, 0.15) is 11.3 Å². The zero-order valence-corrected chi connectivity index (χ0v) is 18.4. The second kappa shape index (κ2) is 8.41. The number of ether oxygens (including phenoxy) is 1. The number of methoxy groups -OCH3 is 1. The molecule has 4 aromatic rings. The van der Waals surface area contributed by atoms with Gasteiger partial charge in [-0.3, -0.25) is 19.4 Å². The van der Waals surface area contributed by atoms with Gasteiger partial charge < -0.3 is 4.74 Å².